The van der Waals surface area contributed by atoms with Gasteiger partial charge in [-0.2, -0.15) is 0 Å². The molecule has 0 bridgehead atoms. The molecule has 2 unspecified atom stereocenters. The van der Waals surface area contributed by atoms with E-state index in [1.165, 1.54) is 12.7 Å². The van der Waals surface area contributed by atoms with Crippen molar-refractivity contribution in [1.82, 2.24) is 25.1 Å². The number of amides is 1. The van der Waals surface area contributed by atoms with Crippen LogP contribution >= 0.6 is 11.3 Å². The van der Waals surface area contributed by atoms with E-state index in [-0.39, 0.29) is 23.8 Å². The molecule has 1 aliphatic heterocycles. The van der Waals surface area contributed by atoms with Gasteiger partial charge in [0, 0.05) is 36.1 Å². The van der Waals surface area contributed by atoms with E-state index in [1.807, 2.05) is 42.3 Å². The first-order valence-corrected chi connectivity index (χ1v) is 13.5. The molecule has 1 amide bonds. The van der Waals surface area contributed by atoms with Crippen LogP contribution in [-0.4, -0.2) is 57.6 Å². The van der Waals surface area contributed by atoms with Crippen molar-refractivity contribution >= 4 is 23.1 Å². The Morgan fingerprint density at radius 1 is 1.24 bits per heavy atom. The molecule has 2 atom stereocenters. The van der Waals surface area contributed by atoms with Gasteiger partial charge in [-0.25, -0.2) is 9.97 Å². The molecule has 4 aromatic rings. The maximum absolute atomic E-state index is 13.8. The summed E-state index contributed by atoms with van der Waals surface area (Å²) in [6.07, 6.45) is 2.57. The second-order valence-electron chi connectivity index (χ2n) is 9.38. The van der Waals surface area contributed by atoms with Gasteiger partial charge in [-0.15, -0.1) is 21.5 Å². The minimum Gasteiger partial charge on any atom is -0.480 e. The number of carbonyl (C=O) groups is 1. The van der Waals surface area contributed by atoms with Crippen molar-refractivity contribution in [2.24, 2.45) is 4.99 Å². The van der Waals surface area contributed by atoms with Gasteiger partial charge in [-0.1, -0.05) is 37.3 Å². The predicted octanol–water partition coefficient (Wildman–Crippen LogP) is 5.24. The molecule has 1 aromatic carbocycles. The Hall–Kier alpha value is -3.92. The predicted molar refractivity (Wildman–Crippen MR) is 145 cm³/mol. The lowest BCUT2D eigenvalue weighted by Crippen LogP contribution is -2.31. The number of thiazole rings is 1. The summed E-state index contributed by atoms with van der Waals surface area (Å²) >= 11 is 1.59. The zero-order chi connectivity index (χ0) is 26.6. The summed E-state index contributed by atoms with van der Waals surface area (Å²) in [5.74, 6) is 0.983. The monoisotopic (exact) mass is 530 g/mol. The van der Waals surface area contributed by atoms with Gasteiger partial charge in [0.05, 0.1) is 13.2 Å². The summed E-state index contributed by atoms with van der Waals surface area (Å²) in [5, 5.41) is 11.5. The summed E-state index contributed by atoms with van der Waals surface area (Å²) in [7, 11) is 3.14. The SMILES string of the molecule is C/N=C(\OC)c1cc(C(=O)N2CCCC2c2nc(C)cs2)cc(-c2nnc(C(C)Cc3ccccc3)o2)n1. The number of hydrogen-bond acceptors (Lipinski definition) is 9. The second kappa shape index (κ2) is 11.2. The van der Waals surface area contributed by atoms with E-state index >= 15 is 0 Å². The minimum atomic E-state index is -0.103. The fourth-order valence-corrected chi connectivity index (χ4v) is 5.68. The Bertz CT molecular complexity index is 1450. The fraction of sp³-hybridized carbons (Fsp3) is 0.357. The van der Waals surface area contributed by atoms with Crippen molar-refractivity contribution in [3.05, 3.63) is 81.3 Å². The van der Waals surface area contributed by atoms with E-state index in [2.05, 4.69) is 37.3 Å². The summed E-state index contributed by atoms with van der Waals surface area (Å²) in [5.41, 5.74) is 3.44. The molecular weight excluding hydrogens is 500 g/mol. The van der Waals surface area contributed by atoms with E-state index in [4.69, 9.17) is 9.15 Å². The average molecular weight is 531 g/mol. The quantitative estimate of drug-likeness (QED) is 0.237. The Labute approximate surface area is 225 Å². The zero-order valence-electron chi connectivity index (χ0n) is 21.9. The third kappa shape index (κ3) is 5.35. The van der Waals surface area contributed by atoms with Crippen LogP contribution in [0.3, 0.4) is 0 Å². The van der Waals surface area contributed by atoms with Crippen molar-refractivity contribution in [2.75, 3.05) is 20.7 Å². The number of rotatable bonds is 7. The van der Waals surface area contributed by atoms with Crippen molar-refractivity contribution in [3.8, 4) is 11.6 Å². The maximum Gasteiger partial charge on any atom is 0.266 e. The second-order valence-corrected chi connectivity index (χ2v) is 10.3. The van der Waals surface area contributed by atoms with Gasteiger partial charge in [0.25, 0.3) is 11.8 Å². The maximum atomic E-state index is 13.8. The molecule has 0 N–H and O–H groups in total. The zero-order valence-corrected chi connectivity index (χ0v) is 22.7. The smallest absolute Gasteiger partial charge is 0.266 e. The molecule has 0 spiro atoms. The molecule has 196 valence electrons. The van der Waals surface area contributed by atoms with Gasteiger partial charge < -0.3 is 14.1 Å². The Balaban J connectivity index is 1.47. The van der Waals surface area contributed by atoms with E-state index in [9.17, 15) is 4.79 Å². The third-order valence-electron chi connectivity index (χ3n) is 6.59. The van der Waals surface area contributed by atoms with E-state index < -0.39 is 0 Å². The van der Waals surface area contributed by atoms with Crippen LogP contribution in [0, 0.1) is 6.92 Å². The first-order chi connectivity index (χ1) is 18.5. The molecule has 3 aromatic heterocycles. The summed E-state index contributed by atoms with van der Waals surface area (Å²) < 4.78 is 11.5. The highest BCUT2D eigenvalue weighted by Crippen LogP contribution is 2.35. The molecule has 4 heterocycles. The number of pyridine rings is 1. The van der Waals surface area contributed by atoms with Crippen LogP contribution in [0.4, 0.5) is 0 Å². The summed E-state index contributed by atoms with van der Waals surface area (Å²) in [6, 6.07) is 13.5. The summed E-state index contributed by atoms with van der Waals surface area (Å²) in [4.78, 5) is 29.2. The number of aliphatic imine (C=N–C) groups is 1. The normalized spacial score (nSPS) is 16.6. The molecule has 1 saturated heterocycles. The summed E-state index contributed by atoms with van der Waals surface area (Å²) in [6.45, 7) is 4.68. The van der Waals surface area contributed by atoms with Crippen LogP contribution in [0.2, 0.25) is 0 Å². The van der Waals surface area contributed by atoms with Crippen LogP contribution in [0.1, 0.15) is 69.9 Å². The lowest BCUT2D eigenvalue weighted by Gasteiger charge is -2.23. The van der Waals surface area contributed by atoms with Gasteiger partial charge in [0.2, 0.25) is 11.8 Å². The van der Waals surface area contributed by atoms with Crippen molar-refractivity contribution < 1.29 is 13.9 Å². The van der Waals surface area contributed by atoms with E-state index in [1.54, 1.807) is 30.5 Å². The number of nitrogens with zero attached hydrogens (tertiary/aromatic N) is 6. The molecular formula is C28H30N6O3S. The Morgan fingerprint density at radius 2 is 2.05 bits per heavy atom. The van der Waals surface area contributed by atoms with Crippen LogP contribution < -0.4 is 0 Å². The topological polar surface area (TPSA) is 107 Å². The minimum absolute atomic E-state index is 0.0155. The first-order valence-electron chi connectivity index (χ1n) is 12.6. The van der Waals surface area contributed by atoms with Crippen molar-refractivity contribution in [1.29, 1.82) is 0 Å². The van der Waals surface area contributed by atoms with Gasteiger partial charge in [0.15, 0.2) is 0 Å². The Morgan fingerprint density at radius 3 is 2.76 bits per heavy atom. The molecule has 5 rings (SSSR count). The number of ether oxygens (including phenoxy) is 1. The highest BCUT2D eigenvalue weighted by atomic mass is 32.1. The number of methoxy groups -OCH3 is 1. The first kappa shape index (κ1) is 25.7. The average Bonchev–Trinajstić information content (AvgIpc) is 3.70. The molecule has 0 saturated carbocycles. The number of aryl methyl sites for hydroxylation is 1. The number of hydrogen-bond donors (Lipinski definition) is 0. The van der Waals surface area contributed by atoms with Crippen molar-refractivity contribution in [2.45, 2.75) is 45.1 Å². The van der Waals surface area contributed by atoms with Crippen LogP contribution in [-0.2, 0) is 11.2 Å². The van der Waals surface area contributed by atoms with Gasteiger partial charge in [-0.3, -0.25) is 9.79 Å². The van der Waals surface area contributed by atoms with Gasteiger partial charge >= 0.3 is 0 Å². The number of aromatic nitrogens is 4. The number of carbonyl (C=O) groups excluding carboxylic acids is 1. The molecule has 38 heavy (non-hydrogen) atoms. The molecule has 0 radical (unpaired) electrons. The van der Waals surface area contributed by atoms with E-state index in [0.29, 0.717) is 35.3 Å². The van der Waals surface area contributed by atoms with Gasteiger partial charge in [0.1, 0.15) is 16.4 Å². The van der Waals surface area contributed by atoms with Crippen LogP contribution in [0.5, 0.6) is 0 Å². The molecule has 1 fully saturated rings. The highest BCUT2D eigenvalue weighted by Gasteiger charge is 2.33. The molecule has 10 heteroatoms. The molecule has 9 nitrogen and oxygen atoms in total. The number of benzene rings is 1. The lowest BCUT2D eigenvalue weighted by atomic mass is 10.0. The number of likely N-dealkylation sites (tertiary alicyclic amines) is 1. The van der Waals surface area contributed by atoms with Crippen molar-refractivity contribution in [3.63, 3.8) is 0 Å². The molecule has 1 aliphatic rings. The third-order valence-corrected chi connectivity index (χ3v) is 7.65. The van der Waals surface area contributed by atoms with Crippen LogP contribution in [0.25, 0.3) is 11.6 Å². The fourth-order valence-electron chi connectivity index (χ4n) is 4.73. The standard InChI is InChI=1S/C28H30N6O3S/c1-17(13-19-9-6-5-7-10-19)24-32-33-26(37-24)22-15-20(14-21(31-22)25(29-3)36-4)28(35)34-12-8-11-23(34)27-30-18(2)16-38-27/h5-7,9-10,14-17,23H,8,11-13H2,1-4H3/b29-25-. The molecule has 0 aliphatic carbocycles. The lowest BCUT2D eigenvalue weighted by molar-refractivity contribution is 0.0735. The van der Waals surface area contributed by atoms with Gasteiger partial charge in [-0.05, 0) is 43.9 Å². The Kier molecular flexibility index (Phi) is 7.59. The highest BCUT2D eigenvalue weighted by molar-refractivity contribution is 7.09. The largest absolute Gasteiger partial charge is 0.480 e. The van der Waals surface area contributed by atoms with E-state index in [0.717, 1.165) is 30.0 Å². The van der Waals surface area contributed by atoms with Crippen LogP contribution in [0.15, 0.2) is 57.3 Å².